The number of carbonyl (C=O) groups excluding carboxylic acids is 3. The average Bonchev–Trinajstić information content (AvgIpc) is 3.13. The third-order valence-electron chi connectivity index (χ3n) is 4.96. The monoisotopic (exact) mass is 448 g/mol. The van der Waals surface area contributed by atoms with Crippen LogP contribution in [0.25, 0.3) is 11.6 Å². The minimum atomic E-state index is -0.877. The molecule has 0 atom stereocenters. The number of Topliss-reactive ketones (excluding diaryl/α,β-unsaturated/α-hetero) is 1. The van der Waals surface area contributed by atoms with Crippen molar-refractivity contribution in [2.24, 2.45) is 5.73 Å². The Bertz CT molecular complexity index is 1240. The second-order valence-electron chi connectivity index (χ2n) is 7.15. The van der Waals surface area contributed by atoms with Crippen LogP contribution < -0.4 is 20.5 Å². The number of nitrogens with one attached hydrogen (secondary N) is 1. The van der Waals surface area contributed by atoms with Crippen LogP contribution in [0.15, 0.2) is 52.9 Å². The third-order valence-corrected chi connectivity index (χ3v) is 4.96. The topological polar surface area (TPSA) is 121 Å². The number of furan rings is 1. The molecule has 0 aliphatic carbocycles. The van der Waals surface area contributed by atoms with Crippen molar-refractivity contribution < 1.29 is 28.3 Å². The fourth-order valence-corrected chi connectivity index (χ4v) is 3.47. The van der Waals surface area contributed by atoms with Gasteiger partial charge in [-0.15, -0.1) is 0 Å². The summed E-state index contributed by atoms with van der Waals surface area (Å²) in [7, 11) is 3.06. The number of anilines is 1. The molecule has 0 aliphatic heterocycles. The lowest BCUT2D eigenvalue weighted by molar-refractivity contribution is -0.111. The van der Waals surface area contributed by atoms with Crippen LogP contribution >= 0.6 is 0 Å². The van der Waals surface area contributed by atoms with E-state index in [-0.39, 0.29) is 28.3 Å². The molecule has 1 aromatic heterocycles. The number of aryl methyl sites for hydroxylation is 1. The Morgan fingerprint density at radius 2 is 1.64 bits per heavy atom. The number of primary amides is 1. The Balaban J connectivity index is 2.08. The molecule has 8 heteroatoms. The standard InChI is InChI=1S/C25H24N2O6/c1-14(28)21-15(2)33-25(22(21)23(26)29)27-24(30)18(17-8-6-5-7-9-17)12-16-10-11-19(31-3)20(13-16)32-4/h5-13H,1-4H3,(H2,26,29)(H,27,30)/b18-12+. The Kier molecular flexibility index (Phi) is 6.97. The van der Waals surface area contributed by atoms with Gasteiger partial charge in [-0.1, -0.05) is 36.4 Å². The highest BCUT2D eigenvalue weighted by atomic mass is 16.5. The first-order chi connectivity index (χ1) is 15.8. The molecule has 2 amide bonds. The van der Waals surface area contributed by atoms with Gasteiger partial charge < -0.3 is 19.6 Å². The molecule has 1 heterocycles. The van der Waals surface area contributed by atoms with Crippen molar-refractivity contribution >= 4 is 35.1 Å². The van der Waals surface area contributed by atoms with Crippen molar-refractivity contribution in [3.63, 3.8) is 0 Å². The minimum absolute atomic E-state index is 0.0444. The van der Waals surface area contributed by atoms with E-state index in [2.05, 4.69) is 5.32 Å². The molecular weight excluding hydrogens is 424 g/mol. The van der Waals surface area contributed by atoms with Crippen LogP contribution in [-0.2, 0) is 4.79 Å². The minimum Gasteiger partial charge on any atom is -0.493 e. The summed E-state index contributed by atoms with van der Waals surface area (Å²) in [5.74, 6) is -0.757. The van der Waals surface area contributed by atoms with Crippen LogP contribution in [-0.4, -0.2) is 31.8 Å². The van der Waals surface area contributed by atoms with Crippen molar-refractivity contribution in [3.05, 3.63) is 76.5 Å². The molecule has 0 aliphatic rings. The van der Waals surface area contributed by atoms with Gasteiger partial charge in [0.25, 0.3) is 11.8 Å². The van der Waals surface area contributed by atoms with Gasteiger partial charge in [0.05, 0.1) is 19.8 Å². The fourth-order valence-electron chi connectivity index (χ4n) is 3.47. The first kappa shape index (κ1) is 23.3. The van der Waals surface area contributed by atoms with Gasteiger partial charge in [-0.05, 0) is 43.2 Å². The highest BCUT2D eigenvalue weighted by Gasteiger charge is 2.27. The molecule has 170 valence electrons. The highest BCUT2D eigenvalue weighted by Crippen LogP contribution is 2.31. The van der Waals surface area contributed by atoms with Crippen LogP contribution in [0.2, 0.25) is 0 Å². The molecular formula is C25H24N2O6. The van der Waals surface area contributed by atoms with Gasteiger partial charge in [-0.2, -0.15) is 0 Å². The number of amides is 2. The van der Waals surface area contributed by atoms with Gasteiger partial charge >= 0.3 is 0 Å². The molecule has 0 saturated carbocycles. The molecule has 0 bridgehead atoms. The van der Waals surface area contributed by atoms with Crippen molar-refractivity contribution in [3.8, 4) is 11.5 Å². The molecule has 0 radical (unpaired) electrons. The summed E-state index contributed by atoms with van der Waals surface area (Å²) in [6.45, 7) is 2.82. The van der Waals surface area contributed by atoms with E-state index in [1.54, 1.807) is 48.5 Å². The van der Waals surface area contributed by atoms with Gasteiger partial charge in [0.2, 0.25) is 5.88 Å². The predicted molar refractivity (Wildman–Crippen MR) is 124 cm³/mol. The number of carbonyl (C=O) groups is 3. The van der Waals surface area contributed by atoms with Crippen LogP contribution in [0.5, 0.6) is 11.5 Å². The Labute approximate surface area is 191 Å². The number of methoxy groups -OCH3 is 2. The molecule has 3 rings (SSSR count). The van der Waals surface area contributed by atoms with Gasteiger partial charge in [-0.3, -0.25) is 19.7 Å². The quantitative estimate of drug-likeness (QED) is 0.304. The van der Waals surface area contributed by atoms with E-state index in [9.17, 15) is 14.4 Å². The summed E-state index contributed by atoms with van der Waals surface area (Å²) in [6.07, 6.45) is 1.66. The molecule has 0 saturated heterocycles. The number of rotatable bonds is 8. The number of ether oxygens (including phenoxy) is 2. The Morgan fingerprint density at radius 1 is 0.970 bits per heavy atom. The van der Waals surface area contributed by atoms with Crippen LogP contribution in [0, 0.1) is 6.92 Å². The lowest BCUT2D eigenvalue weighted by Crippen LogP contribution is -2.19. The zero-order chi connectivity index (χ0) is 24.1. The van der Waals surface area contributed by atoms with Gasteiger partial charge in [-0.25, -0.2) is 0 Å². The lowest BCUT2D eigenvalue weighted by Gasteiger charge is -2.11. The molecule has 3 N–H and O–H groups in total. The van der Waals surface area contributed by atoms with E-state index in [0.717, 1.165) is 0 Å². The van der Waals surface area contributed by atoms with Crippen LogP contribution in [0.1, 0.15) is 44.5 Å². The molecule has 8 nitrogen and oxygen atoms in total. The maximum Gasteiger partial charge on any atom is 0.258 e. The maximum absolute atomic E-state index is 13.3. The summed E-state index contributed by atoms with van der Waals surface area (Å²) in [5, 5.41) is 2.60. The van der Waals surface area contributed by atoms with E-state index >= 15 is 0 Å². The Morgan fingerprint density at radius 3 is 2.21 bits per heavy atom. The fraction of sp³-hybridized carbons (Fsp3) is 0.160. The van der Waals surface area contributed by atoms with E-state index in [1.165, 1.54) is 28.1 Å². The van der Waals surface area contributed by atoms with Crippen LogP contribution in [0.3, 0.4) is 0 Å². The lowest BCUT2D eigenvalue weighted by atomic mass is 10.0. The smallest absolute Gasteiger partial charge is 0.258 e. The third kappa shape index (κ3) is 4.95. The zero-order valence-corrected chi connectivity index (χ0v) is 18.7. The summed E-state index contributed by atoms with van der Waals surface area (Å²) >= 11 is 0. The summed E-state index contributed by atoms with van der Waals surface area (Å²) in [5.41, 5.74) is 6.95. The van der Waals surface area contributed by atoms with Crippen molar-refractivity contribution in [2.45, 2.75) is 13.8 Å². The highest BCUT2D eigenvalue weighted by molar-refractivity contribution is 6.29. The van der Waals surface area contributed by atoms with E-state index in [0.29, 0.717) is 22.6 Å². The number of hydrogen-bond acceptors (Lipinski definition) is 6. The maximum atomic E-state index is 13.3. The second kappa shape index (κ2) is 9.86. The summed E-state index contributed by atoms with van der Waals surface area (Å²) in [6, 6.07) is 14.2. The van der Waals surface area contributed by atoms with E-state index in [1.807, 2.05) is 6.07 Å². The van der Waals surface area contributed by atoms with Crippen molar-refractivity contribution in [2.75, 3.05) is 19.5 Å². The zero-order valence-electron chi connectivity index (χ0n) is 18.7. The number of ketones is 1. The largest absolute Gasteiger partial charge is 0.493 e. The SMILES string of the molecule is COc1ccc(/C=C(/C(=O)Nc2oc(C)c(C(C)=O)c2C(N)=O)c2ccccc2)cc1OC. The molecule has 2 aromatic carbocycles. The van der Waals surface area contributed by atoms with Crippen molar-refractivity contribution in [1.29, 1.82) is 0 Å². The van der Waals surface area contributed by atoms with Gasteiger partial charge in [0, 0.05) is 5.57 Å². The molecule has 0 fully saturated rings. The second-order valence-corrected chi connectivity index (χ2v) is 7.15. The molecule has 33 heavy (non-hydrogen) atoms. The van der Waals surface area contributed by atoms with Gasteiger partial charge in [0.15, 0.2) is 17.3 Å². The number of benzene rings is 2. The van der Waals surface area contributed by atoms with E-state index < -0.39 is 17.6 Å². The Hall–Kier alpha value is -4.33. The number of hydrogen-bond donors (Lipinski definition) is 2. The first-order valence-electron chi connectivity index (χ1n) is 10.0. The van der Waals surface area contributed by atoms with Crippen molar-refractivity contribution in [1.82, 2.24) is 0 Å². The van der Waals surface area contributed by atoms with E-state index in [4.69, 9.17) is 19.6 Å². The molecule has 0 unspecified atom stereocenters. The average molecular weight is 448 g/mol. The normalized spacial score (nSPS) is 11.1. The predicted octanol–water partition coefficient (Wildman–Crippen LogP) is 4.09. The summed E-state index contributed by atoms with van der Waals surface area (Å²) < 4.78 is 16.1. The van der Waals surface area contributed by atoms with Gasteiger partial charge in [0.1, 0.15) is 11.3 Å². The molecule has 0 spiro atoms. The molecule has 3 aromatic rings. The van der Waals surface area contributed by atoms with Crippen LogP contribution in [0.4, 0.5) is 5.88 Å². The number of nitrogens with two attached hydrogens (primary N) is 1. The first-order valence-corrected chi connectivity index (χ1v) is 10.0. The summed E-state index contributed by atoms with van der Waals surface area (Å²) in [4.78, 5) is 37.3.